The van der Waals surface area contributed by atoms with Gasteiger partial charge in [0.1, 0.15) is 10.6 Å². The molecule has 6 nitrogen and oxygen atoms in total. The zero-order valence-electron chi connectivity index (χ0n) is 12.0. The Morgan fingerprint density at radius 1 is 1.43 bits per heavy atom. The molecule has 0 saturated carbocycles. The fraction of sp³-hybridized carbons (Fsp3) is 0.462. The summed E-state index contributed by atoms with van der Waals surface area (Å²) in [6.07, 6.45) is -0.329. The Morgan fingerprint density at radius 3 is 2.57 bits per heavy atom. The SMILES string of the molecule is CCOc1ccc(Br)cc1S(=O)(=O)NC(C)(C)CC(=O)O. The van der Waals surface area contributed by atoms with Crippen molar-refractivity contribution in [2.24, 2.45) is 0 Å². The van der Waals surface area contributed by atoms with Gasteiger partial charge in [-0.25, -0.2) is 13.1 Å². The smallest absolute Gasteiger partial charge is 0.305 e. The second-order valence-electron chi connectivity index (χ2n) is 5.08. The summed E-state index contributed by atoms with van der Waals surface area (Å²) in [5, 5.41) is 8.83. The predicted octanol–water partition coefficient (Wildman–Crippen LogP) is 2.38. The number of carboxylic acid groups (broad SMARTS) is 1. The standard InChI is InChI=1S/C13H18BrNO5S/c1-4-20-10-6-5-9(14)7-11(10)21(18,19)15-13(2,3)8-12(16)17/h5-7,15H,4,8H2,1-3H3,(H,16,17). The Hall–Kier alpha value is -1.12. The van der Waals surface area contributed by atoms with Gasteiger partial charge in [-0.05, 0) is 39.0 Å². The average molecular weight is 380 g/mol. The topological polar surface area (TPSA) is 92.7 Å². The Bertz CT molecular complexity index is 627. The summed E-state index contributed by atoms with van der Waals surface area (Å²) in [5.41, 5.74) is -1.11. The van der Waals surface area contributed by atoms with Crippen molar-refractivity contribution < 1.29 is 23.1 Å². The van der Waals surface area contributed by atoms with E-state index in [1.807, 2.05) is 0 Å². The van der Waals surface area contributed by atoms with Gasteiger partial charge in [0.15, 0.2) is 0 Å². The van der Waals surface area contributed by atoms with E-state index in [9.17, 15) is 13.2 Å². The van der Waals surface area contributed by atoms with Crippen LogP contribution in [0.15, 0.2) is 27.6 Å². The van der Waals surface area contributed by atoms with Crippen molar-refractivity contribution in [1.82, 2.24) is 4.72 Å². The van der Waals surface area contributed by atoms with Gasteiger partial charge in [0.25, 0.3) is 0 Å². The number of aliphatic carboxylic acids is 1. The highest BCUT2D eigenvalue weighted by Crippen LogP contribution is 2.28. The maximum atomic E-state index is 12.5. The van der Waals surface area contributed by atoms with Crippen molar-refractivity contribution in [3.63, 3.8) is 0 Å². The van der Waals surface area contributed by atoms with Gasteiger partial charge in [0, 0.05) is 10.0 Å². The van der Waals surface area contributed by atoms with Crippen LogP contribution in [0.1, 0.15) is 27.2 Å². The van der Waals surface area contributed by atoms with Gasteiger partial charge in [-0.1, -0.05) is 15.9 Å². The van der Waals surface area contributed by atoms with Crippen molar-refractivity contribution >= 4 is 31.9 Å². The van der Waals surface area contributed by atoms with Gasteiger partial charge in [0.2, 0.25) is 10.0 Å². The summed E-state index contributed by atoms with van der Waals surface area (Å²) in [6.45, 7) is 5.09. The van der Waals surface area contributed by atoms with E-state index >= 15 is 0 Å². The number of rotatable bonds is 7. The third-order valence-electron chi connectivity index (χ3n) is 2.50. The Balaban J connectivity index is 3.18. The molecule has 0 aliphatic carbocycles. The molecule has 21 heavy (non-hydrogen) atoms. The molecule has 8 heteroatoms. The Morgan fingerprint density at radius 2 is 2.05 bits per heavy atom. The third-order valence-corrected chi connectivity index (χ3v) is 4.71. The number of carbonyl (C=O) groups is 1. The zero-order chi connectivity index (χ0) is 16.3. The number of sulfonamides is 1. The highest BCUT2D eigenvalue weighted by Gasteiger charge is 2.30. The van der Waals surface area contributed by atoms with Gasteiger partial charge >= 0.3 is 5.97 Å². The van der Waals surface area contributed by atoms with E-state index in [1.54, 1.807) is 19.1 Å². The number of hydrogen-bond donors (Lipinski definition) is 2. The summed E-state index contributed by atoms with van der Waals surface area (Å²) in [7, 11) is -3.91. The van der Waals surface area contributed by atoms with Crippen LogP contribution < -0.4 is 9.46 Å². The molecule has 2 N–H and O–H groups in total. The molecule has 0 heterocycles. The summed E-state index contributed by atoms with van der Waals surface area (Å²) < 4.78 is 33.2. The number of carboxylic acids is 1. The summed E-state index contributed by atoms with van der Waals surface area (Å²) in [5.74, 6) is -0.860. The van der Waals surface area contributed by atoms with Crippen LogP contribution in [-0.4, -0.2) is 31.6 Å². The minimum Gasteiger partial charge on any atom is -0.492 e. The number of nitrogens with one attached hydrogen (secondary N) is 1. The van der Waals surface area contributed by atoms with Gasteiger partial charge < -0.3 is 9.84 Å². The molecule has 0 bridgehead atoms. The fourth-order valence-corrected chi connectivity index (χ4v) is 3.90. The molecule has 1 aromatic carbocycles. The van der Waals surface area contributed by atoms with Crippen LogP contribution in [0.2, 0.25) is 0 Å². The van der Waals surface area contributed by atoms with Gasteiger partial charge in [-0.15, -0.1) is 0 Å². The van der Waals surface area contributed by atoms with Gasteiger partial charge in [0.05, 0.1) is 13.0 Å². The second-order valence-corrected chi connectivity index (χ2v) is 7.65. The minimum absolute atomic E-state index is 0.0304. The van der Waals surface area contributed by atoms with Crippen LogP contribution in [0.4, 0.5) is 0 Å². The molecule has 118 valence electrons. The molecule has 0 fully saturated rings. The molecule has 0 atom stereocenters. The van der Waals surface area contributed by atoms with Crippen LogP contribution in [0.3, 0.4) is 0 Å². The van der Waals surface area contributed by atoms with Crippen molar-refractivity contribution in [3.05, 3.63) is 22.7 Å². The monoisotopic (exact) mass is 379 g/mol. The predicted molar refractivity (Wildman–Crippen MR) is 82.0 cm³/mol. The van der Waals surface area contributed by atoms with Crippen LogP contribution in [0, 0.1) is 0 Å². The largest absolute Gasteiger partial charge is 0.492 e. The molecular weight excluding hydrogens is 362 g/mol. The van der Waals surface area contributed by atoms with Gasteiger partial charge in [-0.2, -0.15) is 0 Å². The quantitative estimate of drug-likeness (QED) is 0.758. The normalized spacial score (nSPS) is 12.2. The fourth-order valence-electron chi connectivity index (χ4n) is 1.80. The summed E-state index contributed by atoms with van der Waals surface area (Å²) >= 11 is 3.22. The van der Waals surface area contributed by atoms with Crippen molar-refractivity contribution in [2.45, 2.75) is 37.6 Å². The van der Waals surface area contributed by atoms with Crippen molar-refractivity contribution in [3.8, 4) is 5.75 Å². The second kappa shape index (κ2) is 6.76. The zero-order valence-corrected chi connectivity index (χ0v) is 14.4. The molecule has 0 amide bonds. The molecular formula is C13H18BrNO5S. The van der Waals surface area contributed by atoms with Crippen LogP contribution >= 0.6 is 15.9 Å². The number of hydrogen-bond acceptors (Lipinski definition) is 4. The van der Waals surface area contributed by atoms with Crippen LogP contribution in [-0.2, 0) is 14.8 Å². The molecule has 0 unspecified atom stereocenters. The van der Waals surface area contributed by atoms with E-state index in [1.165, 1.54) is 19.9 Å². The van der Waals surface area contributed by atoms with Crippen molar-refractivity contribution in [1.29, 1.82) is 0 Å². The van der Waals surface area contributed by atoms with E-state index in [2.05, 4.69) is 20.7 Å². The van der Waals surface area contributed by atoms with E-state index in [4.69, 9.17) is 9.84 Å². The third kappa shape index (κ3) is 5.29. The lowest BCUT2D eigenvalue weighted by molar-refractivity contribution is -0.138. The maximum Gasteiger partial charge on any atom is 0.305 e. The van der Waals surface area contributed by atoms with Crippen LogP contribution in [0.5, 0.6) is 5.75 Å². The first kappa shape index (κ1) is 17.9. The molecule has 0 aliphatic rings. The van der Waals surface area contributed by atoms with Gasteiger partial charge in [-0.3, -0.25) is 4.79 Å². The summed E-state index contributed by atoms with van der Waals surface area (Å²) in [4.78, 5) is 10.8. The molecule has 0 spiro atoms. The first-order chi connectivity index (χ1) is 9.57. The highest BCUT2D eigenvalue weighted by atomic mass is 79.9. The van der Waals surface area contributed by atoms with Crippen LogP contribution in [0.25, 0.3) is 0 Å². The molecule has 1 rings (SSSR count). The average Bonchev–Trinajstić information content (AvgIpc) is 2.28. The molecule has 0 aromatic heterocycles. The van der Waals surface area contributed by atoms with E-state index < -0.39 is 21.5 Å². The first-order valence-electron chi connectivity index (χ1n) is 6.25. The maximum absolute atomic E-state index is 12.5. The molecule has 0 radical (unpaired) electrons. The Labute approximate surface area is 132 Å². The van der Waals surface area contributed by atoms with Crippen molar-refractivity contribution in [2.75, 3.05) is 6.61 Å². The minimum atomic E-state index is -3.91. The lowest BCUT2D eigenvalue weighted by Crippen LogP contribution is -2.44. The summed E-state index contributed by atoms with van der Waals surface area (Å²) in [6, 6.07) is 4.64. The highest BCUT2D eigenvalue weighted by molar-refractivity contribution is 9.10. The lowest BCUT2D eigenvalue weighted by Gasteiger charge is -2.24. The number of halogens is 1. The first-order valence-corrected chi connectivity index (χ1v) is 8.53. The number of ether oxygens (including phenoxy) is 1. The molecule has 1 aromatic rings. The lowest BCUT2D eigenvalue weighted by atomic mass is 10.0. The van der Waals surface area contributed by atoms with E-state index in [0.717, 1.165) is 0 Å². The Kier molecular flexibility index (Phi) is 5.77. The molecule has 0 saturated heterocycles. The number of benzene rings is 1. The molecule has 0 aliphatic heterocycles. The van der Waals surface area contributed by atoms with E-state index in [-0.39, 0.29) is 17.1 Å². The van der Waals surface area contributed by atoms with E-state index in [0.29, 0.717) is 11.1 Å².